The molecule has 2 N–H and O–H groups in total. The third kappa shape index (κ3) is 4.83. The molecule has 2 heterocycles. The molecule has 0 saturated carbocycles. The van der Waals surface area contributed by atoms with Crippen molar-refractivity contribution in [3.8, 4) is 17.0 Å². The number of amides is 1. The van der Waals surface area contributed by atoms with Gasteiger partial charge < -0.3 is 14.6 Å². The van der Waals surface area contributed by atoms with Crippen LogP contribution in [0.1, 0.15) is 42.9 Å². The summed E-state index contributed by atoms with van der Waals surface area (Å²) in [5.41, 5.74) is 0.204. The lowest BCUT2D eigenvalue weighted by molar-refractivity contribution is -0.0964. The summed E-state index contributed by atoms with van der Waals surface area (Å²) in [6.07, 6.45) is 1.65. The molecule has 0 atom stereocenters. The molecule has 10 heteroatoms. The minimum atomic E-state index is -3.81. The smallest absolute Gasteiger partial charge is 0.420 e. The van der Waals surface area contributed by atoms with Gasteiger partial charge in [0, 0.05) is 47.1 Å². The third-order valence-corrected chi connectivity index (χ3v) is 5.18. The Morgan fingerprint density at radius 2 is 1.97 bits per heavy atom. The number of carbonyl (C=O) groups excluding carboxylic acids is 1. The number of anilines is 1. The van der Waals surface area contributed by atoms with Crippen molar-refractivity contribution >= 4 is 34.2 Å². The van der Waals surface area contributed by atoms with E-state index in [1.807, 2.05) is 6.07 Å². The number of hydrogen-bond acceptors (Lipinski definition) is 4. The molecular formula is C23H22ClF2N5O2. The van der Waals surface area contributed by atoms with E-state index in [4.69, 9.17) is 16.6 Å². The average molecular weight is 474 g/mol. The van der Waals surface area contributed by atoms with E-state index in [1.54, 1.807) is 18.3 Å². The maximum absolute atomic E-state index is 13.0. The van der Waals surface area contributed by atoms with Gasteiger partial charge in [-0.05, 0) is 49.4 Å². The Bertz CT molecular complexity index is 1280. The number of rotatable bonds is 7. The Morgan fingerprint density at radius 1 is 1.24 bits per heavy atom. The summed E-state index contributed by atoms with van der Waals surface area (Å²) in [7, 11) is 0. The second-order valence-electron chi connectivity index (χ2n) is 7.76. The maximum atomic E-state index is 13.0. The Kier molecular flexibility index (Phi) is 6.07. The zero-order chi connectivity index (χ0) is 23.8. The van der Waals surface area contributed by atoms with Gasteiger partial charge in [-0.1, -0.05) is 13.8 Å². The van der Waals surface area contributed by atoms with Gasteiger partial charge in [0.1, 0.15) is 11.6 Å². The average Bonchev–Trinajstić information content (AvgIpc) is 3.41. The summed E-state index contributed by atoms with van der Waals surface area (Å²) in [5.74, 6) is 0.635. The molecule has 0 spiro atoms. The Labute approximate surface area is 193 Å². The van der Waals surface area contributed by atoms with Crippen molar-refractivity contribution in [2.45, 2.75) is 38.8 Å². The molecule has 4 aromatic rings. The minimum absolute atomic E-state index is 0.123. The molecule has 0 saturated heterocycles. The minimum Gasteiger partial charge on any atom is -0.420 e. The van der Waals surface area contributed by atoms with Gasteiger partial charge in [-0.25, -0.2) is 4.98 Å². The molecule has 0 aliphatic heterocycles. The Morgan fingerprint density at radius 3 is 2.55 bits per heavy atom. The number of fused-ring (bicyclic) bond motifs is 1. The molecular weight excluding hydrogens is 452 g/mol. The highest BCUT2D eigenvalue weighted by molar-refractivity contribution is 6.20. The molecule has 172 valence electrons. The number of benzene rings is 2. The highest BCUT2D eigenvalue weighted by Gasteiger charge is 2.27. The van der Waals surface area contributed by atoms with Crippen LogP contribution in [-0.4, -0.2) is 31.2 Å². The Balaban J connectivity index is 1.71. The molecule has 2 aromatic heterocycles. The number of alkyl halides is 3. The van der Waals surface area contributed by atoms with Crippen molar-refractivity contribution in [1.29, 1.82) is 0 Å². The molecule has 0 aliphatic rings. The first kappa shape index (κ1) is 22.7. The molecule has 0 bridgehead atoms. The number of hydrogen-bond donors (Lipinski definition) is 2. The van der Waals surface area contributed by atoms with Crippen LogP contribution in [0.15, 0.2) is 48.7 Å². The van der Waals surface area contributed by atoms with Gasteiger partial charge in [-0.15, -0.1) is 8.78 Å². The zero-order valence-electron chi connectivity index (χ0n) is 18.2. The van der Waals surface area contributed by atoms with Gasteiger partial charge in [0.05, 0.1) is 16.7 Å². The molecule has 0 radical (unpaired) electrons. The van der Waals surface area contributed by atoms with Crippen LogP contribution >= 0.6 is 11.6 Å². The first-order valence-corrected chi connectivity index (χ1v) is 10.7. The summed E-state index contributed by atoms with van der Waals surface area (Å²) < 4.78 is 32.0. The van der Waals surface area contributed by atoms with E-state index in [0.717, 1.165) is 29.1 Å². The summed E-state index contributed by atoms with van der Waals surface area (Å²) in [6, 6.07) is 10.9. The maximum Gasteiger partial charge on any atom is 0.487 e. The molecule has 7 nitrogen and oxygen atoms in total. The SMILES string of the molecule is CCn1c(C(C)C)nc2cc(C(=O)Nc3ccc(OC(F)(F)Cl)cc3)cc(-c3ccn[nH]3)c21. The largest absolute Gasteiger partial charge is 0.487 e. The van der Waals surface area contributed by atoms with Gasteiger partial charge in [-0.3, -0.25) is 9.89 Å². The second-order valence-corrected chi connectivity index (χ2v) is 8.20. The van der Waals surface area contributed by atoms with E-state index in [9.17, 15) is 13.6 Å². The van der Waals surface area contributed by atoms with E-state index < -0.39 is 5.57 Å². The number of aromatic amines is 1. The van der Waals surface area contributed by atoms with E-state index >= 15 is 0 Å². The second kappa shape index (κ2) is 8.82. The highest BCUT2D eigenvalue weighted by Crippen LogP contribution is 2.32. The van der Waals surface area contributed by atoms with E-state index in [-0.39, 0.29) is 17.6 Å². The zero-order valence-corrected chi connectivity index (χ0v) is 19.0. The third-order valence-electron chi connectivity index (χ3n) is 5.10. The lowest BCUT2D eigenvalue weighted by Gasteiger charge is -2.12. The number of nitrogens with one attached hydrogen (secondary N) is 2. The molecule has 1 amide bonds. The normalized spacial score (nSPS) is 11.8. The van der Waals surface area contributed by atoms with Gasteiger partial charge in [-0.2, -0.15) is 5.10 Å². The number of aryl methyl sites for hydroxylation is 1. The topological polar surface area (TPSA) is 84.8 Å². The molecule has 2 aromatic carbocycles. The van der Waals surface area contributed by atoms with Crippen LogP contribution < -0.4 is 10.1 Å². The number of imidazole rings is 1. The molecule has 0 aliphatic carbocycles. The van der Waals surface area contributed by atoms with Crippen molar-refractivity contribution in [1.82, 2.24) is 19.7 Å². The fraction of sp³-hybridized carbons (Fsp3) is 0.261. The summed E-state index contributed by atoms with van der Waals surface area (Å²) in [4.78, 5) is 17.8. The number of H-pyrrole nitrogens is 1. The van der Waals surface area contributed by atoms with E-state index in [2.05, 4.69) is 45.6 Å². The van der Waals surface area contributed by atoms with Gasteiger partial charge in [0.2, 0.25) is 0 Å². The van der Waals surface area contributed by atoms with Crippen molar-refractivity contribution < 1.29 is 18.3 Å². The summed E-state index contributed by atoms with van der Waals surface area (Å²) in [5, 5.41) is 9.78. The van der Waals surface area contributed by atoms with Crippen LogP contribution in [0.3, 0.4) is 0 Å². The number of ether oxygens (including phenoxy) is 1. The van der Waals surface area contributed by atoms with E-state index in [1.165, 1.54) is 24.3 Å². The first-order valence-electron chi connectivity index (χ1n) is 10.4. The number of carbonyl (C=O) groups is 1. The molecule has 0 fully saturated rings. The van der Waals surface area contributed by atoms with Gasteiger partial charge in [0.25, 0.3) is 5.91 Å². The molecule has 4 rings (SSSR count). The van der Waals surface area contributed by atoms with Crippen LogP contribution in [0, 0.1) is 0 Å². The standard InChI is InChI=1S/C23H22ClF2N5O2/c1-4-31-20-17(18-9-10-27-30-18)11-14(12-19(20)29-21(31)13(2)3)22(32)28-15-5-7-16(8-6-15)33-23(24,25)26/h5-13H,4H2,1-3H3,(H,27,30)(H,28,32). The summed E-state index contributed by atoms with van der Waals surface area (Å²) in [6.45, 7) is 6.93. The highest BCUT2D eigenvalue weighted by atomic mass is 35.5. The summed E-state index contributed by atoms with van der Waals surface area (Å²) >= 11 is 4.78. The fourth-order valence-corrected chi connectivity index (χ4v) is 3.82. The number of aromatic nitrogens is 4. The van der Waals surface area contributed by atoms with Crippen LogP contribution in [0.4, 0.5) is 14.5 Å². The number of halogens is 3. The predicted molar refractivity (Wildman–Crippen MR) is 123 cm³/mol. The van der Waals surface area contributed by atoms with Crippen LogP contribution in [0.2, 0.25) is 0 Å². The van der Waals surface area contributed by atoms with Crippen molar-refractivity contribution in [2.24, 2.45) is 0 Å². The Hall–Kier alpha value is -3.46. The fourth-order valence-electron chi connectivity index (χ4n) is 3.73. The monoisotopic (exact) mass is 473 g/mol. The van der Waals surface area contributed by atoms with Crippen LogP contribution in [0.25, 0.3) is 22.3 Å². The number of nitrogens with zero attached hydrogens (tertiary/aromatic N) is 3. The van der Waals surface area contributed by atoms with E-state index in [0.29, 0.717) is 16.8 Å². The lowest BCUT2D eigenvalue weighted by Crippen LogP contribution is -2.16. The van der Waals surface area contributed by atoms with Crippen molar-refractivity contribution in [3.63, 3.8) is 0 Å². The van der Waals surface area contributed by atoms with Crippen molar-refractivity contribution in [3.05, 3.63) is 60.0 Å². The lowest BCUT2D eigenvalue weighted by atomic mass is 10.0. The molecule has 33 heavy (non-hydrogen) atoms. The predicted octanol–water partition coefficient (Wildman–Crippen LogP) is 5.99. The van der Waals surface area contributed by atoms with Crippen LogP contribution in [0.5, 0.6) is 5.75 Å². The van der Waals surface area contributed by atoms with Gasteiger partial charge in [0.15, 0.2) is 0 Å². The van der Waals surface area contributed by atoms with Crippen molar-refractivity contribution in [2.75, 3.05) is 5.32 Å². The first-order chi connectivity index (χ1) is 15.7. The quantitative estimate of drug-likeness (QED) is 0.323. The van der Waals surface area contributed by atoms with Crippen LogP contribution in [-0.2, 0) is 6.54 Å². The molecule has 0 unspecified atom stereocenters. The van der Waals surface area contributed by atoms with Gasteiger partial charge >= 0.3 is 5.57 Å².